The summed E-state index contributed by atoms with van der Waals surface area (Å²) in [6.07, 6.45) is 6.54. The van der Waals surface area contributed by atoms with Crippen molar-refractivity contribution in [2.24, 2.45) is 0 Å². The Balaban J connectivity index is 1.79. The topological polar surface area (TPSA) is 34.9 Å². The molecule has 0 aliphatic carbocycles. The summed E-state index contributed by atoms with van der Waals surface area (Å²) in [5, 5.41) is 4.94. The van der Waals surface area contributed by atoms with Gasteiger partial charge >= 0.3 is 0 Å². The molecule has 2 aromatic carbocycles. The summed E-state index contributed by atoms with van der Waals surface area (Å²) in [6.45, 7) is 1.87. The summed E-state index contributed by atoms with van der Waals surface area (Å²) in [5.41, 5.74) is 3.37. The first-order valence-corrected chi connectivity index (χ1v) is 8.28. The summed E-state index contributed by atoms with van der Waals surface area (Å²) in [7, 11) is 0. The highest BCUT2D eigenvalue weighted by atomic mass is 35.5. The summed E-state index contributed by atoms with van der Waals surface area (Å²) in [6, 6.07) is 19.3. The lowest BCUT2D eigenvalue weighted by Gasteiger charge is -2.01. The molecule has 25 heavy (non-hydrogen) atoms. The predicted molar refractivity (Wildman–Crippen MR) is 103 cm³/mol. The normalized spacial score (nSPS) is 11.4. The number of rotatable bonds is 5. The van der Waals surface area contributed by atoms with Crippen LogP contribution in [0, 0.1) is 6.92 Å². The molecule has 4 heteroatoms. The Kier molecular flexibility index (Phi) is 5.26. The van der Waals surface area contributed by atoms with Crippen molar-refractivity contribution >= 4 is 29.5 Å². The summed E-state index contributed by atoms with van der Waals surface area (Å²) in [5.74, 6) is -0.105. The van der Waals surface area contributed by atoms with Crippen LogP contribution in [0.3, 0.4) is 0 Å². The fourth-order valence-corrected chi connectivity index (χ4v) is 2.74. The molecule has 1 aromatic heterocycles. The van der Waals surface area contributed by atoms with Crippen molar-refractivity contribution < 1.29 is 4.79 Å². The molecule has 0 spiro atoms. The molecule has 3 nitrogen and oxygen atoms in total. The predicted octanol–water partition coefficient (Wildman–Crippen LogP) is 5.13. The molecule has 124 valence electrons. The first-order valence-electron chi connectivity index (χ1n) is 7.91. The van der Waals surface area contributed by atoms with Crippen molar-refractivity contribution in [1.29, 1.82) is 0 Å². The Morgan fingerprint density at radius 2 is 1.56 bits per heavy atom. The molecule has 0 saturated carbocycles. The van der Waals surface area contributed by atoms with E-state index in [9.17, 15) is 4.79 Å². The van der Waals surface area contributed by atoms with Gasteiger partial charge in [0.05, 0.1) is 11.4 Å². The number of allylic oxidation sites excluding steroid dienone is 2. The molecule has 0 bridgehead atoms. The number of halogens is 1. The quantitative estimate of drug-likeness (QED) is 0.599. The maximum absolute atomic E-state index is 12.0. The SMILES string of the molecule is Cc1nn(-c2ccccc2)c(Cl)c1/C=C/C(=O)/C=C/c1ccccc1. The third kappa shape index (κ3) is 4.14. The van der Waals surface area contributed by atoms with Crippen LogP contribution in [0.1, 0.15) is 16.8 Å². The Bertz CT molecular complexity index is 925. The Hall–Kier alpha value is -2.91. The lowest BCUT2D eigenvalue weighted by atomic mass is 10.2. The molecule has 3 aromatic rings. The van der Waals surface area contributed by atoms with E-state index in [4.69, 9.17) is 11.6 Å². The van der Waals surface area contributed by atoms with Gasteiger partial charge in [-0.3, -0.25) is 4.79 Å². The Morgan fingerprint density at radius 1 is 0.960 bits per heavy atom. The minimum absolute atomic E-state index is 0.105. The highest BCUT2D eigenvalue weighted by Crippen LogP contribution is 2.24. The van der Waals surface area contributed by atoms with Gasteiger partial charge in [-0.1, -0.05) is 66.2 Å². The zero-order valence-corrected chi connectivity index (χ0v) is 14.5. The van der Waals surface area contributed by atoms with Crippen LogP contribution in [0.25, 0.3) is 17.8 Å². The van der Waals surface area contributed by atoms with Crippen molar-refractivity contribution in [3.63, 3.8) is 0 Å². The maximum atomic E-state index is 12.0. The van der Waals surface area contributed by atoms with E-state index < -0.39 is 0 Å². The minimum atomic E-state index is -0.105. The number of para-hydroxylation sites is 1. The molecular formula is C21H17ClN2O. The van der Waals surface area contributed by atoms with Crippen molar-refractivity contribution in [2.45, 2.75) is 6.92 Å². The van der Waals surface area contributed by atoms with Gasteiger partial charge < -0.3 is 0 Å². The average molecular weight is 349 g/mol. The number of carbonyl (C=O) groups is 1. The fraction of sp³-hybridized carbons (Fsp3) is 0.0476. The summed E-state index contributed by atoms with van der Waals surface area (Å²) >= 11 is 6.44. The molecule has 1 heterocycles. The zero-order chi connectivity index (χ0) is 17.6. The van der Waals surface area contributed by atoms with E-state index >= 15 is 0 Å². The zero-order valence-electron chi connectivity index (χ0n) is 13.8. The molecule has 0 aliphatic rings. The number of hydrogen-bond acceptors (Lipinski definition) is 2. The third-order valence-electron chi connectivity index (χ3n) is 3.70. The molecule has 0 aliphatic heterocycles. The highest BCUT2D eigenvalue weighted by Gasteiger charge is 2.12. The number of carbonyl (C=O) groups excluding carboxylic acids is 1. The van der Waals surface area contributed by atoms with E-state index in [0.717, 1.165) is 22.5 Å². The van der Waals surface area contributed by atoms with E-state index in [0.29, 0.717) is 5.15 Å². The van der Waals surface area contributed by atoms with E-state index in [-0.39, 0.29) is 5.78 Å². The largest absolute Gasteiger partial charge is 0.290 e. The fourth-order valence-electron chi connectivity index (χ4n) is 2.40. The summed E-state index contributed by atoms with van der Waals surface area (Å²) in [4.78, 5) is 12.0. The van der Waals surface area contributed by atoms with Crippen molar-refractivity contribution in [3.8, 4) is 5.69 Å². The number of hydrogen-bond donors (Lipinski definition) is 0. The van der Waals surface area contributed by atoms with Gasteiger partial charge in [0.25, 0.3) is 0 Å². The molecule has 0 N–H and O–H groups in total. The van der Waals surface area contributed by atoms with Gasteiger partial charge in [0.15, 0.2) is 5.78 Å². The van der Waals surface area contributed by atoms with E-state index in [1.807, 2.05) is 67.6 Å². The first kappa shape index (κ1) is 16.9. The standard InChI is InChI=1S/C21H17ClN2O/c1-16-20(21(22)24(23-16)18-10-6-3-7-11-18)15-14-19(25)13-12-17-8-4-2-5-9-17/h2-15H,1H3/b13-12+,15-14+. The number of ketones is 1. The minimum Gasteiger partial charge on any atom is -0.290 e. The van der Waals surface area contributed by atoms with Crippen LogP contribution in [0.15, 0.2) is 72.8 Å². The molecule has 3 rings (SSSR count). The maximum Gasteiger partial charge on any atom is 0.178 e. The van der Waals surface area contributed by atoms with E-state index in [1.54, 1.807) is 16.8 Å². The van der Waals surface area contributed by atoms with E-state index in [2.05, 4.69) is 5.10 Å². The average Bonchev–Trinajstić information content (AvgIpc) is 2.94. The smallest absolute Gasteiger partial charge is 0.178 e. The van der Waals surface area contributed by atoms with Gasteiger partial charge in [0.2, 0.25) is 0 Å². The Labute approximate surface area is 151 Å². The number of benzene rings is 2. The second-order valence-electron chi connectivity index (χ2n) is 5.52. The van der Waals surface area contributed by atoms with Crippen LogP contribution < -0.4 is 0 Å². The van der Waals surface area contributed by atoms with Crippen LogP contribution in [0.4, 0.5) is 0 Å². The highest BCUT2D eigenvalue weighted by molar-refractivity contribution is 6.31. The van der Waals surface area contributed by atoms with Crippen LogP contribution in [0.5, 0.6) is 0 Å². The van der Waals surface area contributed by atoms with Crippen LogP contribution in [-0.4, -0.2) is 15.6 Å². The molecule has 0 atom stereocenters. The first-order chi connectivity index (χ1) is 12.1. The number of nitrogens with zero attached hydrogens (tertiary/aromatic N) is 2. The molecule has 0 radical (unpaired) electrons. The molecule has 0 fully saturated rings. The molecule has 0 amide bonds. The second kappa shape index (κ2) is 7.77. The van der Waals surface area contributed by atoms with Gasteiger partial charge in [0.1, 0.15) is 5.15 Å². The lowest BCUT2D eigenvalue weighted by Crippen LogP contribution is -1.95. The van der Waals surface area contributed by atoms with Gasteiger partial charge in [-0.25, -0.2) is 4.68 Å². The third-order valence-corrected chi connectivity index (χ3v) is 4.07. The Morgan fingerprint density at radius 3 is 2.24 bits per heavy atom. The number of aromatic nitrogens is 2. The molecule has 0 saturated heterocycles. The number of aryl methyl sites for hydroxylation is 1. The molecular weight excluding hydrogens is 332 g/mol. The van der Waals surface area contributed by atoms with Gasteiger partial charge in [0, 0.05) is 5.56 Å². The monoisotopic (exact) mass is 348 g/mol. The van der Waals surface area contributed by atoms with Gasteiger partial charge in [-0.2, -0.15) is 5.10 Å². The lowest BCUT2D eigenvalue weighted by molar-refractivity contribution is -0.110. The van der Waals surface area contributed by atoms with Crippen LogP contribution in [0.2, 0.25) is 5.15 Å². The van der Waals surface area contributed by atoms with Crippen molar-refractivity contribution in [3.05, 3.63) is 94.8 Å². The van der Waals surface area contributed by atoms with Gasteiger partial charge in [-0.05, 0) is 42.8 Å². The van der Waals surface area contributed by atoms with Crippen LogP contribution in [-0.2, 0) is 4.79 Å². The van der Waals surface area contributed by atoms with Crippen LogP contribution >= 0.6 is 11.6 Å². The second-order valence-corrected chi connectivity index (χ2v) is 5.87. The molecule has 0 unspecified atom stereocenters. The van der Waals surface area contributed by atoms with Gasteiger partial charge in [-0.15, -0.1) is 0 Å². The summed E-state index contributed by atoms with van der Waals surface area (Å²) < 4.78 is 1.67. The van der Waals surface area contributed by atoms with Crippen molar-refractivity contribution in [2.75, 3.05) is 0 Å². The van der Waals surface area contributed by atoms with Crippen molar-refractivity contribution in [1.82, 2.24) is 9.78 Å². The van der Waals surface area contributed by atoms with E-state index in [1.165, 1.54) is 12.2 Å².